The number of phosphoric ester groups is 1. The fourth-order valence-electron chi connectivity index (χ4n) is 3.54. The topological polar surface area (TPSA) is 108 Å². The van der Waals surface area contributed by atoms with Crippen LogP contribution in [0.3, 0.4) is 0 Å². The van der Waals surface area contributed by atoms with Crippen LogP contribution in [0, 0.1) is 0 Å². The van der Waals surface area contributed by atoms with Gasteiger partial charge < -0.3 is 18.9 Å². The molecule has 0 aliphatic carbocycles. The van der Waals surface area contributed by atoms with Crippen LogP contribution in [0.15, 0.2) is 0 Å². The largest absolute Gasteiger partial charge is 0.472 e. The molecule has 0 aromatic rings. The van der Waals surface area contributed by atoms with Crippen molar-refractivity contribution in [2.45, 2.75) is 116 Å². The maximum Gasteiger partial charge on any atom is 0.472 e. The van der Waals surface area contributed by atoms with Crippen molar-refractivity contribution in [3.63, 3.8) is 0 Å². The Morgan fingerprint density at radius 3 is 1.73 bits per heavy atom. The van der Waals surface area contributed by atoms with Gasteiger partial charge in [0.15, 0.2) is 6.10 Å². The molecule has 0 saturated heterocycles. The molecule has 10 heteroatoms. The zero-order valence-electron chi connectivity index (χ0n) is 24.2. The molecular formula is C27H55NO8P+. The molecule has 0 aromatic heterocycles. The Balaban J connectivity index is 4.58. The van der Waals surface area contributed by atoms with Gasteiger partial charge in [0.05, 0.1) is 27.7 Å². The molecule has 0 amide bonds. The predicted octanol–water partition coefficient (Wildman–Crippen LogP) is 6.17. The number of unbranched alkanes of at least 4 members (excludes halogenated alkanes) is 11. The van der Waals surface area contributed by atoms with Crippen molar-refractivity contribution in [3.8, 4) is 0 Å². The average molecular weight is 553 g/mol. The molecule has 0 aliphatic heterocycles. The van der Waals surface area contributed by atoms with Crippen LogP contribution >= 0.6 is 7.82 Å². The number of ether oxygens (including phenoxy) is 2. The van der Waals surface area contributed by atoms with Crippen molar-refractivity contribution >= 4 is 19.8 Å². The van der Waals surface area contributed by atoms with Gasteiger partial charge in [0.2, 0.25) is 0 Å². The van der Waals surface area contributed by atoms with E-state index in [1.807, 2.05) is 21.1 Å². The number of hydrogen-bond donors (Lipinski definition) is 1. The van der Waals surface area contributed by atoms with Gasteiger partial charge in [-0.1, -0.05) is 84.5 Å². The Kier molecular flexibility index (Phi) is 21.3. The number of likely N-dealkylation sites (N-methyl/N-ethyl adjacent to an activating group) is 1. The highest BCUT2D eigenvalue weighted by atomic mass is 31.2. The summed E-state index contributed by atoms with van der Waals surface area (Å²) in [7, 11) is 1.48. The monoisotopic (exact) mass is 552 g/mol. The zero-order chi connectivity index (χ0) is 28.0. The lowest BCUT2D eigenvalue weighted by atomic mass is 10.1. The number of carbonyl (C=O) groups is 2. The quantitative estimate of drug-likeness (QED) is 0.0620. The first-order valence-electron chi connectivity index (χ1n) is 14.3. The fourth-order valence-corrected chi connectivity index (χ4v) is 4.28. The van der Waals surface area contributed by atoms with E-state index in [0.29, 0.717) is 17.4 Å². The molecule has 0 bridgehead atoms. The highest BCUT2D eigenvalue weighted by molar-refractivity contribution is 7.47. The van der Waals surface area contributed by atoms with Crippen LogP contribution in [-0.4, -0.2) is 74.9 Å². The van der Waals surface area contributed by atoms with Crippen LogP contribution < -0.4 is 0 Å². The van der Waals surface area contributed by atoms with Crippen molar-refractivity contribution in [1.29, 1.82) is 0 Å². The molecule has 37 heavy (non-hydrogen) atoms. The summed E-state index contributed by atoms with van der Waals surface area (Å²) in [6, 6.07) is 0. The Labute approximate surface area is 225 Å². The van der Waals surface area contributed by atoms with E-state index in [9.17, 15) is 19.0 Å². The fraction of sp³-hybridized carbons (Fsp3) is 0.926. The van der Waals surface area contributed by atoms with Crippen molar-refractivity contribution in [2.24, 2.45) is 0 Å². The third-order valence-electron chi connectivity index (χ3n) is 5.89. The van der Waals surface area contributed by atoms with E-state index in [2.05, 4.69) is 13.8 Å². The number of nitrogens with zero attached hydrogens (tertiary/aromatic N) is 1. The smallest absolute Gasteiger partial charge is 0.462 e. The highest BCUT2D eigenvalue weighted by Crippen LogP contribution is 2.43. The average Bonchev–Trinajstić information content (AvgIpc) is 2.81. The van der Waals surface area contributed by atoms with E-state index in [1.54, 1.807) is 0 Å². The molecule has 0 fully saturated rings. The summed E-state index contributed by atoms with van der Waals surface area (Å²) >= 11 is 0. The number of esters is 2. The van der Waals surface area contributed by atoms with Gasteiger partial charge >= 0.3 is 19.8 Å². The van der Waals surface area contributed by atoms with Crippen LogP contribution in [0.2, 0.25) is 0 Å². The lowest BCUT2D eigenvalue weighted by molar-refractivity contribution is -0.870. The summed E-state index contributed by atoms with van der Waals surface area (Å²) in [5.41, 5.74) is 0. The third-order valence-corrected chi connectivity index (χ3v) is 6.87. The van der Waals surface area contributed by atoms with E-state index in [0.717, 1.165) is 44.9 Å². The van der Waals surface area contributed by atoms with Gasteiger partial charge in [0.25, 0.3) is 0 Å². The van der Waals surface area contributed by atoms with Crippen molar-refractivity contribution < 1.29 is 42.1 Å². The second-order valence-corrected chi connectivity index (χ2v) is 12.2. The van der Waals surface area contributed by atoms with Crippen LogP contribution in [0.25, 0.3) is 0 Å². The molecule has 9 nitrogen and oxygen atoms in total. The first-order valence-corrected chi connectivity index (χ1v) is 15.8. The van der Waals surface area contributed by atoms with E-state index < -0.39 is 26.5 Å². The van der Waals surface area contributed by atoms with Crippen LogP contribution in [-0.2, 0) is 32.7 Å². The van der Waals surface area contributed by atoms with E-state index in [1.165, 1.54) is 32.1 Å². The molecule has 1 N–H and O–H groups in total. The summed E-state index contributed by atoms with van der Waals surface area (Å²) in [6.07, 6.45) is 13.5. The summed E-state index contributed by atoms with van der Waals surface area (Å²) in [4.78, 5) is 34.5. The number of carbonyl (C=O) groups excluding carboxylic acids is 2. The van der Waals surface area contributed by atoms with Gasteiger partial charge in [0.1, 0.15) is 19.8 Å². The maximum absolute atomic E-state index is 12.4. The zero-order valence-corrected chi connectivity index (χ0v) is 25.1. The normalized spacial score (nSPS) is 14.2. The van der Waals surface area contributed by atoms with Gasteiger partial charge in [0, 0.05) is 12.8 Å². The second-order valence-electron chi connectivity index (χ2n) is 10.8. The van der Waals surface area contributed by atoms with Crippen LogP contribution in [0.1, 0.15) is 110 Å². The van der Waals surface area contributed by atoms with Crippen molar-refractivity contribution in [2.75, 3.05) is 47.5 Å². The number of phosphoric acid groups is 1. The summed E-state index contributed by atoms with van der Waals surface area (Å²) in [5.74, 6) is -0.819. The van der Waals surface area contributed by atoms with Gasteiger partial charge in [-0.3, -0.25) is 18.6 Å². The van der Waals surface area contributed by atoms with Gasteiger partial charge in [-0.25, -0.2) is 4.57 Å². The summed E-state index contributed by atoms with van der Waals surface area (Å²) in [6.45, 7) is 4.25. The molecular weight excluding hydrogens is 497 g/mol. The molecule has 2 atom stereocenters. The minimum absolute atomic E-state index is 0.0349. The molecule has 0 radical (unpaired) electrons. The number of rotatable bonds is 25. The van der Waals surface area contributed by atoms with E-state index in [4.69, 9.17) is 18.5 Å². The minimum Gasteiger partial charge on any atom is -0.462 e. The van der Waals surface area contributed by atoms with Crippen molar-refractivity contribution in [1.82, 2.24) is 0 Å². The number of hydrogen-bond acceptors (Lipinski definition) is 7. The van der Waals surface area contributed by atoms with E-state index >= 15 is 0 Å². The Bertz CT molecular complexity index is 638. The maximum atomic E-state index is 12.4. The molecule has 0 saturated carbocycles. The van der Waals surface area contributed by atoms with E-state index in [-0.39, 0.29) is 32.0 Å². The van der Waals surface area contributed by atoms with Crippen LogP contribution in [0.5, 0.6) is 0 Å². The lowest BCUT2D eigenvalue weighted by Gasteiger charge is -2.24. The number of quaternary nitrogens is 1. The Morgan fingerprint density at radius 2 is 1.22 bits per heavy atom. The molecule has 0 spiro atoms. The predicted molar refractivity (Wildman–Crippen MR) is 146 cm³/mol. The Morgan fingerprint density at radius 1 is 0.730 bits per heavy atom. The lowest BCUT2D eigenvalue weighted by Crippen LogP contribution is -2.37. The summed E-state index contributed by atoms with van der Waals surface area (Å²) < 4.78 is 33.6. The summed E-state index contributed by atoms with van der Waals surface area (Å²) in [5, 5.41) is 0. The Hall–Kier alpha value is -0.990. The molecule has 0 rings (SSSR count). The molecule has 220 valence electrons. The third kappa shape index (κ3) is 25.1. The van der Waals surface area contributed by atoms with Crippen molar-refractivity contribution in [3.05, 3.63) is 0 Å². The first kappa shape index (κ1) is 36.0. The second kappa shape index (κ2) is 21.9. The molecule has 2 unspecified atom stereocenters. The highest BCUT2D eigenvalue weighted by Gasteiger charge is 2.27. The standard InChI is InChI=1S/C27H54NO8P/c1-6-8-10-12-13-14-16-18-20-27(30)36-25(23-33-26(29)19-17-15-11-9-7-2)24-35-37(31,32)34-22-21-28(3,4)5/h25H,6-24H2,1-5H3/p+1. The van der Waals surface area contributed by atoms with Crippen LogP contribution in [0.4, 0.5) is 0 Å². The molecule has 0 aromatic carbocycles. The minimum atomic E-state index is -4.34. The van der Waals surface area contributed by atoms with Gasteiger partial charge in [-0.2, -0.15) is 0 Å². The van der Waals surface area contributed by atoms with Gasteiger partial charge in [-0.15, -0.1) is 0 Å². The SMILES string of the molecule is CCCCCCCCCCC(=O)OC(COC(=O)CCCCCCC)COP(=O)(O)OCC[N+](C)(C)C. The molecule has 0 heterocycles. The first-order chi connectivity index (χ1) is 17.5. The van der Waals surface area contributed by atoms with Gasteiger partial charge in [-0.05, 0) is 12.8 Å². The molecule has 0 aliphatic rings.